The molecule has 1 aromatic heterocycles. The maximum atomic E-state index is 14.7. The molecule has 0 unspecified atom stereocenters. The van der Waals surface area contributed by atoms with Crippen LogP contribution in [-0.2, 0) is 5.92 Å². The lowest BCUT2D eigenvalue weighted by molar-refractivity contribution is 0.0428. The largest absolute Gasteiger partial charge is 0.354 e. The fraction of sp³-hybridized carbons (Fsp3) is 0.312. The fourth-order valence-corrected chi connectivity index (χ4v) is 2.74. The van der Waals surface area contributed by atoms with Crippen molar-refractivity contribution in [3.05, 3.63) is 58.7 Å². The van der Waals surface area contributed by atoms with Crippen LogP contribution in [0.1, 0.15) is 11.1 Å². The Hall–Kier alpha value is -1.72. The van der Waals surface area contributed by atoms with Crippen LogP contribution >= 0.6 is 11.6 Å². The molecule has 0 aliphatic carbocycles. The lowest BCUT2D eigenvalue weighted by Crippen LogP contribution is -2.44. The molecule has 6 heteroatoms. The van der Waals surface area contributed by atoms with Gasteiger partial charge in [0.05, 0.1) is 0 Å². The summed E-state index contributed by atoms with van der Waals surface area (Å²) in [6.45, 7) is 3.06. The average molecular weight is 324 g/mol. The van der Waals surface area contributed by atoms with Gasteiger partial charge in [0.15, 0.2) is 0 Å². The lowest BCUT2D eigenvalue weighted by atomic mass is 10.0. The van der Waals surface area contributed by atoms with Gasteiger partial charge in [-0.05, 0) is 12.1 Å². The first-order chi connectivity index (χ1) is 10.6. The molecular weight excluding hydrogens is 308 g/mol. The molecule has 3 rings (SSSR count). The zero-order valence-corrected chi connectivity index (χ0v) is 12.7. The van der Waals surface area contributed by atoms with E-state index in [9.17, 15) is 8.78 Å². The van der Waals surface area contributed by atoms with Gasteiger partial charge in [-0.2, -0.15) is 8.78 Å². The zero-order chi connectivity index (χ0) is 15.6. The predicted molar refractivity (Wildman–Crippen MR) is 83.8 cm³/mol. The van der Waals surface area contributed by atoms with Gasteiger partial charge in [-0.3, -0.25) is 0 Å². The molecule has 1 N–H and O–H groups in total. The van der Waals surface area contributed by atoms with Crippen LogP contribution in [-0.4, -0.2) is 31.2 Å². The Morgan fingerprint density at radius 2 is 1.73 bits per heavy atom. The molecule has 1 saturated heterocycles. The van der Waals surface area contributed by atoms with E-state index in [1.54, 1.807) is 18.2 Å². The van der Waals surface area contributed by atoms with Gasteiger partial charge in [-0.1, -0.05) is 41.9 Å². The Morgan fingerprint density at radius 3 is 2.41 bits per heavy atom. The van der Waals surface area contributed by atoms with Crippen LogP contribution in [0.2, 0.25) is 5.15 Å². The smallest absolute Gasteiger partial charge is 0.298 e. The van der Waals surface area contributed by atoms with Crippen molar-refractivity contribution in [2.75, 3.05) is 31.1 Å². The maximum Gasteiger partial charge on any atom is 0.298 e. The van der Waals surface area contributed by atoms with E-state index in [4.69, 9.17) is 11.6 Å². The summed E-state index contributed by atoms with van der Waals surface area (Å²) in [6.07, 6.45) is 0. The van der Waals surface area contributed by atoms with Gasteiger partial charge < -0.3 is 10.2 Å². The third-order valence-corrected chi connectivity index (χ3v) is 3.91. The zero-order valence-electron chi connectivity index (χ0n) is 11.9. The van der Waals surface area contributed by atoms with Crippen LogP contribution in [0.3, 0.4) is 0 Å². The van der Waals surface area contributed by atoms with Crippen LogP contribution in [0.15, 0.2) is 42.5 Å². The molecule has 0 radical (unpaired) electrons. The van der Waals surface area contributed by atoms with Gasteiger partial charge >= 0.3 is 0 Å². The summed E-state index contributed by atoms with van der Waals surface area (Å²) in [4.78, 5) is 6.16. The van der Waals surface area contributed by atoms with Gasteiger partial charge in [0.25, 0.3) is 5.92 Å². The first-order valence-electron chi connectivity index (χ1n) is 7.14. The summed E-state index contributed by atoms with van der Waals surface area (Å²) in [5.74, 6) is -2.60. The summed E-state index contributed by atoms with van der Waals surface area (Å²) in [7, 11) is 0. The molecule has 0 saturated carbocycles. The van der Waals surface area contributed by atoms with E-state index in [0.29, 0.717) is 5.82 Å². The van der Waals surface area contributed by atoms with E-state index in [0.717, 1.165) is 26.2 Å². The van der Waals surface area contributed by atoms with Gasteiger partial charge in [0.1, 0.15) is 11.0 Å². The van der Waals surface area contributed by atoms with Gasteiger partial charge in [-0.15, -0.1) is 0 Å². The van der Waals surface area contributed by atoms with Gasteiger partial charge in [0, 0.05) is 37.3 Å². The molecule has 0 amide bonds. The Bertz CT molecular complexity index is 643. The van der Waals surface area contributed by atoms with E-state index in [1.807, 2.05) is 4.90 Å². The minimum absolute atomic E-state index is 0.0523. The molecule has 116 valence electrons. The third-order valence-electron chi connectivity index (χ3n) is 3.72. The number of anilines is 1. The van der Waals surface area contributed by atoms with Crippen molar-refractivity contribution < 1.29 is 8.78 Å². The second-order valence-corrected chi connectivity index (χ2v) is 5.60. The highest BCUT2D eigenvalue weighted by molar-refractivity contribution is 6.29. The predicted octanol–water partition coefficient (Wildman–Crippen LogP) is 3.28. The Balaban J connectivity index is 1.98. The Morgan fingerprint density at radius 1 is 1.05 bits per heavy atom. The number of nitrogens with one attached hydrogen (secondary N) is 1. The summed E-state index contributed by atoms with van der Waals surface area (Å²) in [6, 6.07) is 10.4. The highest BCUT2D eigenvalue weighted by atomic mass is 35.5. The third kappa shape index (κ3) is 3.05. The molecule has 0 spiro atoms. The number of halogens is 3. The number of piperazine rings is 1. The molecule has 2 heterocycles. The minimum atomic E-state index is -3.10. The standard InChI is InChI=1S/C16H16ClF2N3/c17-14-10-13(16(18,19)12-4-2-1-3-5-12)11-15(21-14)22-8-6-20-7-9-22/h1-5,10-11,20H,6-9H2. The van der Waals surface area contributed by atoms with E-state index in [1.165, 1.54) is 24.3 Å². The second-order valence-electron chi connectivity index (χ2n) is 5.21. The normalized spacial score (nSPS) is 15.9. The number of alkyl halides is 2. The number of pyridine rings is 1. The number of hydrogen-bond acceptors (Lipinski definition) is 3. The Labute approximate surface area is 132 Å². The second kappa shape index (κ2) is 6.18. The summed E-state index contributed by atoms with van der Waals surface area (Å²) in [5.41, 5.74) is -0.184. The number of hydrogen-bond donors (Lipinski definition) is 1. The lowest BCUT2D eigenvalue weighted by Gasteiger charge is -2.29. The number of nitrogens with zero attached hydrogens (tertiary/aromatic N) is 2. The van der Waals surface area contributed by atoms with Crippen molar-refractivity contribution in [1.29, 1.82) is 0 Å². The van der Waals surface area contributed by atoms with Gasteiger partial charge in [-0.25, -0.2) is 4.98 Å². The Kier molecular flexibility index (Phi) is 4.27. The molecule has 3 nitrogen and oxygen atoms in total. The maximum absolute atomic E-state index is 14.7. The molecule has 1 aliphatic rings. The molecule has 22 heavy (non-hydrogen) atoms. The molecule has 0 bridgehead atoms. The number of aromatic nitrogens is 1. The molecule has 1 aliphatic heterocycles. The molecular formula is C16H16ClF2N3. The highest BCUT2D eigenvalue weighted by Crippen LogP contribution is 2.37. The van der Waals surface area contributed by atoms with E-state index >= 15 is 0 Å². The van der Waals surface area contributed by atoms with E-state index < -0.39 is 5.92 Å². The summed E-state index contributed by atoms with van der Waals surface area (Å²) in [5, 5.41) is 3.30. The average Bonchev–Trinajstić information content (AvgIpc) is 2.56. The summed E-state index contributed by atoms with van der Waals surface area (Å²) < 4.78 is 29.4. The van der Waals surface area contributed by atoms with Crippen molar-refractivity contribution in [3.8, 4) is 0 Å². The van der Waals surface area contributed by atoms with Gasteiger partial charge in [0.2, 0.25) is 0 Å². The highest BCUT2D eigenvalue weighted by Gasteiger charge is 2.35. The number of rotatable bonds is 3. The first-order valence-corrected chi connectivity index (χ1v) is 7.52. The van der Waals surface area contributed by atoms with Crippen LogP contribution in [0.4, 0.5) is 14.6 Å². The minimum Gasteiger partial charge on any atom is -0.354 e. The topological polar surface area (TPSA) is 28.2 Å². The molecule has 2 aromatic rings. The molecule has 1 aromatic carbocycles. The first kappa shape index (κ1) is 15.2. The van der Waals surface area contributed by atoms with Crippen molar-refractivity contribution in [2.24, 2.45) is 0 Å². The van der Waals surface area contributed by atoms with E-state index in [2.05, 4.69) is 10.3 Å². The monoisotopic (exact) mass is 323 g/mol. The summed E-state index contributed by atoms with van der Waals surface area (Å²) >= 11 is 5.98. The van der Waals surface area contributed by atoms with Crippen molar-refractivity contribution >= 4 is 17.4 Å². The quantitative estimate of drug-likeness (QED) is 0.879. The van der Waals surface area contributed by atoms with Crippen LogP contribution < -0.4 is 10.2 Å². The van der Waals surface area contributed by atoms with Crippen LogP contribution in [0, 0.1) is 0 Å². The van der Waals surface area contributed by atoms with Crippen LogP contribution in [0.25, 0.3) is 0 Å². The fourth-order valence-electron chi connectivity index (χ4n) is 2.53. The van der Waals surface area contributed by atoms with Crippen LogP contribution in [0.5, 0.6) is 0 Å². The van der Waals surface area contributed by atoms with Crippen molar-refractivity contribution in [2.45, 2.75) is 5.92 Å². The van der Waals surface area contributed by atoms with E-state index in [-0.39, 0.29) is 16.3 Å². The SMILES string of the molecule is FC(F)(c1ccccc1)c1cc(Cl)nc(N2CCNCC2)c1. The van der Waals surface area contributed by atoms with Crippen molar-refractivity contribution in [1.82, 2.24) is 10.3 Å². The van der Waals surface area contributed by atoms with Crippen molar-refractivity contribution in [3.63, 3.8) is 0 Å². The number of benzene rings is 1. The molecule has 0 atom stereocenters. The molecule has 1 fully saturated rings.